The Bertz CT molecular complexity index is 738. The molecule has 0 saturated carbocycles. The molecule has 0 saturated heterocycles. The molecule has 0 spiro atoms. The van der Waals surface area contributed by atoms with Crippen molar-refractivity contribution in [1.82, 2.24) is 20.6 Å². The summed E-state index contributed by atoms with van der Waals surface area (Å²) in [5.41, 5.74) is 3.70. The Hall–Kier alpha value is -2.69. The first-order valence-corrected chi connectivity index (χ1v) is 7.72. The normalized spacial score (nSPS) is 12.1. The molecule has 118 valence electrons. The van der Waals surface area contributed by atoms with Crippen LogP contribution >= 0.6 is 0 Å². The molecular weight excluding hydrogens is 288 g/mol. The summed E-state index contributed by atoms with van der Waals surface area (Å²) in [5, 5.41) is 13.9. The number of tetrazole rings is 1. The van der Waals surface area contributed by atoms with Crippen molar-refractivity contribution in [1.29, 1.82) is 0 Å². The van der Waals surface area contributed by atoms with Crippen LogP contribution < -0.4 is 4.74 Å². The highest BCUT2D eigenvalue weighted by atomic mass is 16.5. The van der Waals surface area contributed by atoms with Crippen LogP contribution in [-0.4, -0.2) is 20.6 Å². The number of aromatic nitrogens is 4. The van der Waals surface area contributed by atoms with Gasteiger partial charge in [0.2, 0.25) is 0 Å². The molecule has 23 heavy (non-hydrogen) atoms. The van der Waals surface area contributed by atoms with Crippen LogP contribution in [0.2, 0.25) is 0 Å². The summed E-state index contributed by atoms with van der Waals surface area (Å²) in [5.74, 6) is 2.03. The van der Waals surface area contributed by atoms with E-state index in [1.807, 2.05) is 24.3 Å². The Morgan fingerprint density at radius 1 is 1.09 bits per heavy atom. The van der Waals surface area contributed by atoms with Crippen molar-refractivity contribution in [2.24, 2.45) is 0 Å². The minimum absolute atomic E-state index is 0.343. The molecule has 0 aliphatic carbocycles. The van der Waals surface area contributed by atoms with Gasteiger partial charge in [0.1, 0.15) is 18.2 Å². The molecule has 5 heteroatoms. The summed E-state index contributed by atoms with van der Waals surface area (Å²) in [7, 11) is 0. The van der Waals surface area contributed by atoms with E-state index in [2.05, 4.69) is 58.7 Å². The van der Waals surface area contributed by atoms with Crippen LogP contribution in [0.1, 0.15) is 35.4 Å². The summed E-state index contributed by atoms with van der Waals surface area (Å²) in [6.45, 7) is 4.85. The topological polar surface area (TPSA) is 63.7 Å². The third-order valence-corrected chi connectivity index (χ3v) is 3.99. The number of H-pyrrole nitrogens is 1. The van der Waals surface area contributed by atoms with E-state index in [0.717, 1.165) is 18.0 Å². The zero-order chi connectivity index (χ0) is 16.1. The second-order valence-corrected chi connectivity index (χ2v) is 5.74. The largest absolute Gasteiger partial charge is 0.489 e. The minimum atomic E-state index is 0.343. The Labute approximate surface area is 135 Å². The van der Waals surface area contributed by atoms with E-state index in [1.54, 1.807) is 0 Å². The Morgan fingerprint density at radius 3 is 2.57 bits per heavy atom. The number of nitrogens with one attached hydrogen (secondary N) is 1. The summed E-state index contributed by atoms with van der Waals surface area (Å²) in [6.07, 6.45) is 0.788. The maximum absolute atomic E-state index is 5.87. The molecule has 1 unspecified atom stereocenters. The van der Waals surface area contributed by atoms with Gasteiger partial charge in [0.05, 0.1) is 0 Å². The first-order chi connectivity index (χ1) is 11.2. The summed E-state index contributed by atoms with van der Waals surface area (Å²) >= 11 is 0. The highest BCUT2D eigenvalue weighted by Crippen LogP contribution is 2.22. The van der Waals surface area contributed by atoms with Crippen LogP contribution in [0, 0.1) is 6.92 Å². The zero-order valence-corrected chi connectivity index (χ0v) is 13.4. The van der Waals surface area contributed by atoms with E-state index in [4.69, 9.17) is 4.74 Å². The molecule has 2 aromatic carbocycles. The van der Waals surface area contributed by atoms with Crippen LogP contribution in [0.15, 0.2) is 48.5 Å². The molecule has 0 amide bonds. The van der Waals surface area contributed by atoms with Crippen molar-refractivity contribution in [3.8, 4) is 5.75 Å². The predicted octanol–water partition coefficient (Wildman–Crippen LogP) is 3.43. The van der Waals surface area contributed by atoms with E-state index >= 15 is 0 Å². The smallest absolute Gasteiger partial charge is 0.149 e. The van der Waals surface area contributed by atoms with Crippen LogP contribution in [0.3, 0.4) is 0 Å². The lowest BCUT2D eigenvalue weighted by Crippen LogP contribution is -2.01. The number of hydrogen-bond donors (Lipinski definition) is 1. The van der Waals surface area contributed by atoms with E-state index in [-0.39, 0.29) is 0 Å². The SMILES string of the molecule is Cc1ccccc1COc1ccc(C(C)Cc2nnn[nH]2)cc1. The first-order valence-electron chi connectivity index (χ1n) is 7.72. The molecule has 0 radical (unpaired) electrons. The lowest BCUT2D eigenvalue weighted by atomic mass is 9.97. The Balaban J connectivity index is 1.59. The standard InChI is InChI=1S/C18H20N4O/c1-13-5-3-4-6-16(13)12-23-17-9-7-15(8-10-17)14(2)11-18-19-21-22-20-18/h3-10,14H,11-12H2,1-2H3,(H,19,20,21,22). The van der Waals surface area contributed by atoms with Crippen molar-refractivity contribution in [2.75, 3.05) is 0 Å². The third-order valence-electron chi connectivity index (χ3n) is 3.99. The summed E-state index contributed by atoms with van der Waals surface area (Å²) in [6, 6.07) is 16.5. The van der Waals surface area contributed by atoms with Gasteiger partial charge in [-0.05, 0) is 52.1 Å². The fraction of sp³-hybridized carbons (Fsp3) is 0.278. The van der Waals surface area contributed by atoms with Gasteiger partial charge in [-0.2, -0.15) is 0 Å². The van der Waals surface area contributed by atoms with Gasteiger partial charge < -0.3 is 4.74 Å². The fourth-order valence-electron chi connectivity index (χ4n) is 2.50. The second-order valence-electron chi connectivity index (χ2n) is 5.74. The molecule has 1 atom stereocenters. The van der Waals surface area contributed by atoms with Crippen molar-refractivity contribution in [3.05, 3.63) is 71.0 Å². The fourth-order valence-corrected chi connectivity index (χ4v) is 2.50. The van der Waals surface area contributed by atoms with E-state index in [1.165, 1.54) is 16.7 Å². The molecule has 0 aliphatic rings. The van der Waals surface area contributed by atoms with Gasteiger partial charge in [0, 0.05) is 6.42 Å². The molecule has 3 aromatic rings. The van der Waals surface area contributed by atoms with Crippen molar-refractivity contribution >= 4 is 0 Å². The molecular formula is C18H20N4O. The van der Waals surface area contributed by atoms with E-state index < -0.39 is 0 Å². The molecule has 1 aromatic heterocycles. The molecule has 1 N–H and O–H groups in total. The summed E-state index contributed by atoms with van der Waals surface area (Å²) in [4.78, 5) is 0. The molecule has 3 rings (SSSR count). The van der Waals surface area contributed by atoms with Crippen LogP contribution in [-0.2, 0) is 13.0 Å². The molecule has 0 fully saturated rings. The molecule has 5 nitrogen and oxygen atoms in total. The number of aromatic amines is 1. The molecule has 0 aliphatic heterocycles. The van der Waals surface area contributed by atoms with Gasteiger partial charge in [0.15, 0.2) is 0 Å². The lowest BCUT2D eigenvalue weighted by Gasteiger charge is -2.12. The molecule has 1 heterocycles. The number of nitrogens with zero attached hydrogens (tertiary/aromatic N) is 3. The first kappa shape index (κ1) is 15.2. The van der Waals surface area contributed by atoms with E-state index in [0.29, 0.717) is 12.5 Å². The van der Waals surface area contributed by atoms with Gasteiger partial charge in [-0.1, -0.05) is 43.3 Å². The van der Waals surface area contributed by atoms with Crippen LogP contribution in [0.5, 0.6) is 5.75 Å². The molecule has 0 bridgehead atoms. The minimum Gasteiger partial charge on any atom is -0.489 e. The van der Waals surface area contributed by atoms with Crippen molar-refractivity contribution in [3.63, 3.8) is 0 Å². The van der Waals surface area contributed by atoms with Gasteiger partial charge in [-0.15, -0.1) is 5.10 Å². The second kappa shape index (κ2) is 7.05. The van der Waals surface area contributed by atoms with Crippen LogP contribution in [0.4, 0.5) is 0 Å². The monoisotopic (exact) mass is 308 g/mol. The van der Waals surface area contributed by atoms with Gasteiger partial charge in [-0.25, -0.2) is 5.10 Å². The lowest BCUT2D eigenvalue weighted by molar-refractivity contribution is 0.305. The number of hydrogen-bond acceptors (Lipinski definition) is 4. The highest BCUT2D eigenvalue weighted by Gasteiger charge is 2.09. The number of rotatable bonds is 6. The maximum Gasteiger partial charge on any atom is 0.149 e. The van der Waals surface area contributed by atoms with Crippen molar-refractivity contribution < 1.29 is 4.74 Å². The quantitative estimate of drug-likeness (QED) is 0.757. The maximum atomic E-state index is 5.87. The zero-order valence-electron chi connectivity index (χ0n) is 13.4. The van der Waals surface area contributed by atoms with Crippen molar-refractivity contribution in [2.45, 2.75) is 32.8 Å². The van der Waals surface area contributed by atoms with Gasteiger partial charge in [0.25, 0.3) is 0 Å². The Kier molecular flexibility index (Phi) is 4.66. The van der Waals surface area contributed by atoms with Gasteiger partial charge in [-0.3, -0.25) is 0 Å². The van der Waals surface area contributed by atoms with Gasteiger partial charge >= 0.3 is 0 Å². The third kappa shape index (κ3) is 3.94. The number of aryl methyl sites for hydroxylation is 1. The Morgan fingerprint density at radius 2 is 1.87 bits per heavy atom. The average molecular weight is 308 g/mol. The highest BCUT2D eigenvalue weighted by molar-refractivity contribution is 5.31. The average Bonchev–Trinajstić information content (AvgIpc) is 3.07. The van der Waals surface area contributed by atoms with E-state index in [9.17, 15) is 0 Å². The summed E-state index contributed by atoms with van der Waals surface area (Å²) < 4.78 is 5.87. The number of benzene rings is 2. The number of ether oxygens (including phenoxy) is 1. The van der Waals surface area contributed by atoms with Crippen LogP contribution in [0.25, 0.3) is 0 Å². The predicted molar refractivity (Wildman–Crippen MR) is 88.2 cm³/mol.